The van der Waals surface area contributed by atoms with Gasteiger partial charge in [0.25, 0.3) is 0 Å². The summed E-state index contributed by atoms with van der Waals surface area (Å²) >= 11 is 0. The van der Waals surface area contributed by atoms with Crippen LogP contribution in [0.3, 0.4) is 0 Å². The molecule has 1 aliphatic heterocycles. The Morgan fingerprint density at radius 1 is 1.18 bits per heavy atom. The molecule has 0 amide bonds. The van der Waals surface area contributed by atoms with E-state index in [1.54, 1.807) is 4.90 Å². The van der Waals surface area contributed by atoms with Gasteiger partial charge in [-0.1, -0.05) is 0 Å². The molecule has 2 fully saturated rings. The first-order chi connectivity index (χ1) is 10.3. The van der Waals surface area contributed by atoms with E-state index in [9.17, 15) is 18.0 Å². The van der Waals surface area contributed by atoms with Gasteiger partial charge in [-0.05, 0) is 31.7 Å². The summed E-state index contributed by atoms with van der Waals surface area (Å²) in [5, 5.41) is 8.97. The van der Waals surface area contributed by atoms with Crippen molar-refractivity contribution in [2.45, 2.75) is 37.8 Å². The number of anilines is 1. The minimum atomic E-state index is -4.50. The van der Waals surface area contributed by atoms with Gasteiger partial charge in [0.2, 0.25) is 5.95 Å². The van der Waals surface area contributed by atoms with Gasteiger partial charge in [0, 0.05) is 24.7 Å². The predicted octanol–water partition coefficient (Wildman–Crippen LogP) is 2.67. The molecule has 0 atom stereocenters. The zero-order chi connectivity index (χ0) is 15.9. The van der Waals surface area contributed by atoms with Crippen molar-refractivity contribution >= 4 is 11.9 Å². The molecular weight excluding hydrogens is 299 g/mol. The maximum absolute atomic E-state index is 13.0. The molecule has 5 nitrogen and oxygen atoms in total. The molecule has 1 aromatic rings. The molecule has 1 aromatic heterocycles. The molecule has 0 bridgehead atoms. The number of carboxylic acid groups (broad SMARTS) is 1. The average Bonchev–Trinajstić information content (AvgIpc) is 3.30. The third kappa shape index (κ3) is 3.15. The molecule has 120 valence electrons. The normalized spacial score (nSPS) is 20.2. The van der Waals surface area contributed by atoms with Crippen molar-refractivity contribution < 1.29 is 23.1 Å². The lowest BCUT2D eigenvalue weighted by Gasteiger charge is -2.30. The Morgan fingerprint density at radius 3 is 2.32 bits per heavy atom. The van der Waals surface area contributed by atoms with Crippen molar-refractivity contribution in [2.75, 3.05) is 18.0 Å². The fourth-order valence-corrected chi connectivity index (χ4v) is 2.65. The molecule has 1 saturated carbocycles. The molecule has 0 unspecified atom stereocenters. The second-order valence-corrected chi connectivity index (χ2v) is 5.85. The first kappa shape index (κ1) is 15.1. The van der Waals surface area contributed by atoms with E-state index >= 15 is 0 Å². The molecule has 2 aliphatic rings. The highest BCUT2D eigenvalue weighted by Crippen LogP contribution is 2.41. The Balaban J connectivity index is 1.84. The molecule has 1 N–H and O–H groups in total. The van der Waals surface area contributed by atoms with Crippen LogP contribution in [0.1, 0.15) is 43.0 Å². The molecule has 8 heteroatoms. The van der Waals surface area contributed by atoms with Crippen molar-refractivity contribution in [1.82, 2.24) is 9.97 Å². The molecule has 0 radical (unpaired) electrons. The topological polar surface area (TPSA) is 66.3 Å². The number of hydrogen-bond donors (Lipinski definition) is 1. The summed E-state index contributed by atoms with van der Waals surface area (Å²) in [6.45, 7) is 0.727. The van der Waals surface area contributed by atoms with E-state index < -0.39 is 23.8 Å². The van der Waals surface area contributed by atoms with E-state index in [0.29, 0.717) is 31.6 Å². The minimum Gasteiger partial charge on any atom is -0.481 e. The summed E-state index contributed by atoms with van der Waals surface area (Å²) in [7, 11) is 0. The lowest BCUT2D eigenvalue weighted by atomic mass is 9.97. The van der Waals surface area contributed by atoms with Crippen molar-refractivity contribution in [3.63, 3.8) is 0 Å². The zero-order valence-corrected chi connectivity index (χ0v) is 11.8. The fourth-order valence-electron chi connectivity index (χ4n) is 2.65. The Hall–Kier alpha value is -1.86. The van der Waals surface area contributed by atoms with Gasteiger partial charge >= 0.3 is 12.1 Å². The van der Waals surface area contributed by atoms with Crippen LogP contribution in [-0.4, -0.2) is 34.1 Å². The molecule has 3 rings (SSSR count). The van der Waals surface area contributed by atoms with Crippen molar-refractivity contribution in [3.8, 4) is 0 Å². The van der Waals surface area contributed by atoms with Crippen molar-refractivity contribution in [2.24, 2.45) is 5.92 Å². The fraction of sp³-hybridized carbons (Fsp3) is 0.643. The number of halogens is 3. The van der Waals surface area contributed by atoms with Gasteiger partial charge in [0.15, 0.2) is 0 Å². The molecule has 1 saturated heterocycles. The third-order valence-corrected chi connectivity index (χ3v) is 4.15. The lowest BCUT2D eigenvalue weighted by Crippen LogP contribution is -2.37. The SMILES string of the molecule is O=C(O)C1CCN(c2nc(C3CC3)cc(C(F)(F)F)n2)CC1. The highest BCUT2D eigenvalue weighted by molar-refractivity contribution is 5.70. The summed E-state index contributed by atoms with van der Waals surface area (Å²) in [5.41, 5.74) is -0.475. The second kappa shape index (κ2) is 5.40. The maximum Gasteiger partial charge on any atom is 0.433 e. The summed E-state index contributed by atoms with van der Waals surface area (Å²) < 4.78 is 38.9. The van der Waals surface area contributed by atoms with Crippen LogP contribution in [-0.2, 0) is 11.0 Å². The smallest absolute Gasteiger partial charge is 0.433 e. The number of rotatable bonds is 3. The van der Waals surface area contributed by atoms with Gasteiger partial charge < -0.3 is 10.0 Å². The van der Waals surface area contributed by atoms with Gasteiger partial charge in [0.1, 0.15) is 5.69 Å². The Morgan fingerprint density at radius 2 is 1.82 bits per heavy atom. The largest absolute Gasteiger partial charge is 0.481 e. The molecule has 22 heavy (non-hydrogen) atoms. The lowest BCUT2D eigenvalue weighted by molar-refractivity contribution is -0.142. The third-order valence-electron chi connectivity index (χ3n) is 4.15. The number of piperidine rings is 1. The van der Waals surface area contributed by atoms with E-state index in [1.807, 2.05) is 0 Å². The summed E-state index contributed by atoms with van der Waals surface area (Å²) in [5.74, 6) is -1.13. The molecule has 0 spiro atoms. The summed E-state index contributed by atoms with van der Waals surface area (Å²) in [4.78, 5) is 20.5. The van der Waals surface area contributed by atoms with Gasteiger partial charge in [-0.2, -0.15) is 13.2 Å². The summed E-state index contributed by atoms with van der Waals surface area (Å²) in [6, 6.07) is 1.03. The molecule has 2 heterocycles. The van der Waals surface area contributed by atoms with Crippen LogP contribution in [0.4, 0.5) is 19.1 Å². The first-order valence-electron chi connectivity index (χ1n) is 7.28. The van der Waals surface area contributed by atoms with Gasteiger partial charge in [-0.3, -0.25) is 4.79 Å². The standard InChI is InChI=1S/C14H16F3N3O2/c15-14(16,17)11-7-10(8-1-2-8)18-13(19-11)20-5-3-9(4-6-20)12(21)22/h7-9H,1-6H2,(H,21,22). The van der Waals surface area contributed by atoms with E-state index in [-0.39, 0.29) is 11.9 Å². The summed E-state index contributed by atoms with van der Waals surface area (Å²) in [6.07, 6.45) is -1.99. The molecular formula is C14H16F3N3O2. The number of alkyl halides is 3. The van der Waals surface area contributed by atoms with Crippen LogP contribution < -0.4 is 4.90 Å². The van der Waals surface area contributed by atoms with E-state index in [0.717, 1.165) is 18.9 Å². The van der Waals surface area contributed by atoms with E-state index in [2.05, 4.69) is 9.97 Å². The number of aromatic nitrogens is 2. The van der Waals surface area contributed by atoms with Crippen LogP contribution in [0.2, 0.25) is 0 Å². The highest BCUT2D eigenvalue weighted by atomic mass is 19.4. The van der Waals surface area contributed by atoms with Crippen LogP contribution in [0, 0.1) is 5.92 Å². The van der Waals surface area contributed by atoms with Gasteiger partial charge in [-0.25, -0.2) is 9.97 Å². The maximum atomic E-state index is 13.0. The number of nitrogens with zero attached hydrogens (tertiary/aromatic N) is 3. The minimum absolute atomic E-state index is 0.0700. The van der Waals surface area contributed by atoms with Crippen LogP contribution in [0.25, 0.3) is 0 Å². The quantitative estimate of drug-likeness (QED) is 0.929. The van der Waals surface area contributed by atoms with Crippen LogP contribution in [0.15, 0.2) is 6.07 Å². The van der Waals surface area contributed by atoms with Gasteiger partial charge in [-0.15, -0.1) is 0 Å². The Kier molecular flexibility index (Phi) is 3.70. The molecule has 1 aliphatic carbocycles. The monoisotopic (exact) mass is 315 g/mol. The number of aliphatic carboxylic acids is 1. The van der Waals surface area contributed by atoms with Crippen molar-refractivity contribution in [1.29, 1.82) is 0 Å². The van der Waals surface area contributed by atoms with Gasteiger partial charge in [0.05, 0.1) is 5.92 Å². The van der Waals surface area contributed by atoms with Crippen LogP contribution in [0.5, 0.6) is 0 Å². The zero-order valence-electron chi connectivity index (χ0n) is 11.8. The number of hydrogen-bond acceptors (Lipinski definition) is 4. The Bertz CT molecular complexity index is 579. The van der Waals surface area contributed by atoms with Crippen molar-refractivity contribution in [3.05, 3.63) is 17.5 Å². The van der Waals surface area contributed by atoms with E-state index in [1.165, 1.54) is 0 Å². The molecule has 0 aromatic carbocycles. The second-order valence-electron chi connectivity index (χ2n) is 5.85. The first-order valence-corrected chi connectivity index (χ1v) is 7.28. The average molecular weight is 315 g/mol. The number of carboxylic acids is 1. The van der Waals surface area contributed by atoms with E-state index in [4.69, 9.17) is 5.11 Å². The van der Waals surface area contributed by atoms with Crippen LogP contribution >= 0.6 is 0 Å². The highest BCUT2D eigenvalue weighted by Gasteiger charge is 2.37. The number of carbonyl (C=O) groups is 1. The Labute approximate surface area is 125 Å². The predicted molar refractivity (Wildman–Crippen MR) is 71.6 cm³/mol.